The van der Waals surface area contributed by atoms with E-state index >= 15 is 0 Å². The third-order valence-corrected chi connectivity index (χ3v) is 6.54. The van der Waals surface area contributed by atoms with Crippen molar-refractivity contribution in [1.82, 2.24) is 9.88 Å². The highest BCUT2D eigenvalue weighted by Crippen LogP contribution is 2.39. The molecule has 1 atom stereocenters. The normalized spacial score (nSPS) is 14.7. The summed E-state index contributed by atoms with van der Waals surface area (Å²) in [5, 5.41) is 3.00. The lowest BCUT2D eigenvalue weighted by Crippen LogP contribution is -2.38. The summed E-state index contributed by atoms with van der Waals surface area (Å²) in [7, 11) is 3.15. The number of ether oxygens (including phenoxy) is 1. The molecule has 3 aromatic rings. The van der Waals surface area contributed by atoms with E-state index in [-0.39, 0.29) is 28.4 Å². The fourth-order valence-corrected chi connectivity index (χ4v) is 4.53. The van der Waals surface area contributed by atoms with Crippen LogP contribution in [-0.2, 0) is 16.6 Å². The predicted octanol–water partition coefficient (Wildman–Crippen LogP) is 4.06. The lowest BCUT2D eigenvalue weighted by atomic mass is 9.86. The van der Waals surface area contributed by atoms with Gasteiger partial charge >= 0.3 is 0 Å². The monoisotopic (exact) mass is 459 g/mol. The first-order chi connectivity index (χ1) is 16.2. The number of benzene rings is 2. The Labute approximate surface area is 198 Å². The summed E-state index contributed by atoms with van der Waals surface area (Å²) in [6.07, 6.45) is 3.40. The standard InChI is InChI=1S/C27H29N3O4/c1-27(2)14-13-18-15-20(8-11-22(18)27)29-25(32)24(17-5-9-21(34-4)10-6-17)30(3)26(33)19-7-12-23(31)28-16-19/h5-12,15-16,24H,13-14H2,1-4H3,(H,28,31)(H,29,32). The van der Waals surface area contributed by atoms with E-state index in [9.17, 15) is 14.4 Å². The molecule has 1 aromatic heterocycles. The fraction of sp³-hybridized carbons (Fsp3) is 0.296. The van der Waals surface area contributed by atoms with Crippen molar-refractivity contribution in [3.05, 3.63) is 93.4 Å². The van der Waals surface area contributed by atoms with E-state index in [0.717, 1.165) is 12.8 Å². The van der Waals surface area contributed by atoms with Crippen LogP contribution in [0.15, 0.2) is 65.6 Å². The van der Waals surface area contributed by atoms with Gasteiger partial charge in [-0.15, -0.1) is 0 Å². The van der Waals surface area contributed by atoms with E-state index in [4.69, 9.17) is 4.74 Å². The molecule has 0 saturated carbocycles. The van der Waals surface area contributed by atoms with Crippen molar-refractivity contribution in [2.24, 2.45) is 0 Å². The number of methoxy groups -OCH3 is 1. The van der Waals surface area contributed by atoms with Crippen molar-refractivity contribution in [2.45, 2.75) is 38.1 Å². The molecule has 4 rings (SSSR count). The number of aryl methyl sites for hydroxylation is 1. The van der Waals surface area contributed by atoms with Crippen LogP contribution in [-0.4, -0.2) is 35.9 Å². The van der Waals surface area contributed by atoms with Crippen LogP contribution in [0.5, 0.6) is 5.75 Å². The number of hydrogen-bond donors (Lipinski definition) is 2. The first-order valence-corrected chi connectivity index (χ1v) is 11.2. The lowest BCUT2D eigenvalue weighted by Gasteiger charge is -2.28. The number of hydrogen-bond acceptors (Lipinski definition) is 4. The molecule has 0 saturated heterocycles. The molecule has 2 aromatic carbocycles. The summed E-state index contributed by atoms with van der Waals surface area (Å²) < 4.78 is 5.24. The van der Waals surface area contributed by atoms with E-state index in [1.807, 2.05) is 12.1 Å². The number of amides is 2. The van der Waals surface area contributed by atoms with Gasteiger partial charge in [0.1, 0.15) is 11.8 Å². The van der Waals surface area contributed by atoms with Gasteiger partial charge in [0.25, 0.3) is 11.8 Å². The van der Waals surface area contributed by atoms with Gasteiger partial charge in [0.05, 0.1) is 12.7 Å². The Balaban J connectivity index is 1.64. The quantitative estimate of drug-likeness (QED) is 0.582. The fourth-order valence-electron chi connectivity index (χ4n) is 4.53. The van der Waals surface area contributed by atoms with E-state index in [1.54, 1.807) is 38.4 Å². The van der Waals surface area contributed by atoms with Crippen LogP contribution in [0, 0.1) is 0 Å². The molecule has 2 N–H and O–H groups in total. The highest BCUT2D eigenvalue weighted by Gasteiger charge is 2.32. The van der Waals surface area contributed by atoms with Gasteiger partial charge in [-0.05, 0) is 65.3 Å². The molecule has 0 aliphatic heterocycles. The second kappa shape index (κ2) is 9.17. The summed E-state index contributed by atoms with van der Waals surface area (Å²) >= 11 is 0. The zero-order valence-corrected chi connectivity index (χ0v) is 19.8. The van der Waals surface area contributed by atoms with Gasteiger partial charge in [-0.1, -0.05) is 32.0 Å². The number of nitrogens with one attached hydrogen (secondary N) is 2. The van der Waals surface area contributed by atoms with Gasteiger partial charge in [0.2, 0.25) is 5.56 Å². The molecule has 1 aliphatic rings. The van der Waals surface area contributed by atoms with E-state index < -0.39 is 6.04 Å². The summed E-state index contributed by atoms with van der Waals surface area (Å²) in [6.45, 7) is 4.46. The summed E-state index contributed by atoms with van der Waals surface area (Å²) in [6, 6.07) is 14.9. The highest BCUT2D eigenvalue weighted by molar-refractivity contribution is 6.01. The highest BCUT2D eigenvalue weighted by atomic mass is 16.5. The van der Waals surface area contributed by atoms with Gasteiger partial charge < -0.3 is 19.9 Å². The van der Waals surface area contributed by atoms with Crippen LogP contribution in [0.4, 0.5) is 5.69 Å². The second-order valence-corrected chi connectivity index (χ2v) is 9.28. The van der Waals surface area contributed by atoms with Crippen molar-refractivity contribution in [3.8, 4) is 5.75 Å². The largest absolute Gasteiger partial charge is 0.497 e. The summed E-state index contributed by atoms with van der Waals surface area (Å²) in [5.74, 6) is -0.0654. The van der Waals surface area contributed by atoms with E-state index in [0.29, 0.717) is 17.0 Å². The molecule has 34 heavy (non-hydrogen) atoms. The Hall–Kier alpha value is -3.87. The van der Waals surface area contributed by atoms with Crippen LogP contribution in [0.25, 0.3) is 0 Å². The Bertz CT molecular complexity index is 1260. The third kappa shape index (κ3) is 4.59. The van der Waals surface area contributed by atoms with Gasteiger partial charge in [-0.25, -0.2) is 0 Å². The minimum absolute atomic E-state index is 0.132. The molecular formula is C27H29N3O4. The molecule has 7 heteroatoms. The van der Waals surface area contributed by atoms with Gasteiger partial charge in [-0.2, -0.15) is 0 Å². The topological polar surface area (TPSA) is 91.5 Å². The maximum atomic E-state index is 13.5. The number of aromatic nitrogens is 1. The summed E-state index contributed by atoms with van der Waals surface area (Å²) in [5.41, 5.74) is 4.00. The molecular weight excluding hydrogens is 430 g/mol. The number of anilines is 1. The number of likely N-dealkylation sites (N-methyl/N-ethyl adjacent to an activating group) is 1. The first-order valence-electron chi connectivity index (χ1n) is 11.2. The number of carbonyl (C=O) groups is 2. The van der Waals surface area contributed by atoms with Crippen LogP contribution in [0.1, 0.15) is 53.4 Å². The number of carbonyl (C=O) groups excluding carboxylic acids is 2. The minimum Gasteiger partial charge on any atom is -0.497 e. The molecule has 0 spiro atoms. The smallest absolute Gasteiger partial charge is 0.256 e. The molecule has 1 heterocycles. The molecule has 2 amide bonds. The maximum Gasteiger partial charge on any atom is 0.256 e. The number of aromatic amines is 1. The van der Waals surface area contributed by atoms with Gasteiger partial charge in [-0.3, -0.25) is 14.4 Å². The van der Waals surface area contributed by atoms with Crippen LogP contribution >= 0.6 is 0 Å². The third-order valence-electron chi connectivity index (χ3n) is 6.54. The number of H-pyrrole nitrogens is 1. The Morgan fingerprint density at radius 3 is 2.47 bits per heavy atom. The number of nitrogens with zero attached hydrogens (tertiary/aromatic N) is 1. The molecule has 0 bridgehead atoms. The molecule has 1 unspecified atom stereocenters. The number of pyridine rings is 1. The predicted molar refractivity (Wildman–Crippen MR) is 131 cm³/mol. The average molecular weight is 460 g/mol. The Morgan fingerprint density at radius 1 is 1.09 bits per heavy atom. The van der Waals surface area contributed by atoms with Gasteiger partial charge in [0, 0.05) is 25.0 Å². The maximum absolute atomic E-state index is 13.5. The number of rotatable bonds is 6. The van der Waals surface area contributed by atoms with Crippen molar-refractivity contribution in [2.75, 3.05) is 19.5 Å². The Morgan fingerprint density at radius 2 is 1.82 bits per heavy atom. The zero-order chi connectivity index (χ0) is 24.5. The molecule has 1 aliphatic carbocycles. The average Bonchev–Trinajstić information content (AvgIpc) is 3.13. The zero-order valence-electron chi connectivity index (χ0n) is 19.8. The molecule has 7 nitrogen and oxygen atoms in total. The van der Waals surface area contributed by atoms with Crippen LogP contribution in [0.2, 0.25) is 0 Å². The van der Waals surface area contributed by atoms with E-state index in [2.05, 4.69) is 30.2 Å². The van der Waals surface area contributed by atoms with Crippen molar-refractivity contribution >= 4 is 17.5 Å². The lowest BCUT2D eigenvalue weighted by molar-refractivity contribution is -0.120. The van der Waals surface area contributed by atoms with Crippen molar-refractivity contribution in [1.29, 1.82) is 0 Å². The Kier molecular flexibility index (Phi) is 6.28. The van der Waals surface area contributed by atoms with Crippen molar-refractivity contribution in [3.63, 3.8) is 0 Å². The molecule has 0 radical (unpaired) electrons. The molecule has 0 fully saturated rings. The van der Waals surface area contributed by atoms with Crippen LogP contribution < -0.4 is 15.6 Å². The molecule has 176 valence electrons. The SMILES string of the molecule is COc1ccc(C(C(=O)Nc2ccc3c(c2)CCC3(C)C)N(C)C(=O)c2ccc(=O)[nH]c2)cc1. The minimum atomic E-state index is -0.893. The second-order valence-electron chi connectivity index (χ2n) is 9.28. The van der Waals surface area contributed by atoms with Crippen LogP contribution in [0.3, 0.4) is 0 Å². The van der Waals surface area contributed by atoms with Crippen molar-refractivity contribution < 1.29 is 14.3 Å². The summed E-state index contributed by atoms with van der Waals surface area (Å²) in [4.78, 5) is 42.0. The number of fused-ring (bicyclic) bond motifs is 1. The van der Waals surface area contributed by atoms with E-state index in [1.165, 1.54) is 34.4 Å². The first kappa shape index (κ1) is 23.3. The van der Waals surface area contributed by atoms with Gasteiger partial charge in [0.15, 0.2) is 0 Å².